The number of nitrogens with one attached hydrogen (secondary N) is 1. The molecule has 2 rings (SSSR count). The van der Waals surface area contributed by atoms with E-state index in [9.17, 15) is 9.18 Å². The molecular weight excluding hydrogens is 257 g/mol. The van der Waals surface area contributed by atoms with E-state index in [0.29, 0.717) is 30.7 Å². The Bertz CT molecular complexity index is 441. The summed E-state index contributed by atoms with van der Waals surface area (Å²) in [5.41, 5.74) is 0.310. The maximum Gasteiger partial charge on any atom is 0.272 e. The molecule has 1 aromatic rings. The van der Waals surface area contributed by atoms with E-state index < -0.39 is 5.82 Å². The number of carbonyl (C=O) groups excluding carboxylic acids is 1. The van der Waals surface area contributed by atoms with Crippen LogP contribution in [0, 0.1) is 11.7 Å². The third-order valence-electron chi connectivity index (χ3n) is 3.42. The molecule has 0 spiro atoms. The fourth-order valence-corrected chi connectivity index (χ4v) is 2.52. The van der Waals surface area contributed by atoms with E-state index in [2.05, 4.69) is 24.1 Å². The Morgan fingerprint density at radius 2 is 2.35 bits per heavy atom. The van der Waals surface area contributed by atoms with Crippen molar-refractivity contribution in [2.24, 2.45) is 5.92 Å². The lowest BCUT2D eigenvalue weighted by molar-refractivity contribution is 0.0715. The standard InChI is InChI=1S/C15H22FN3O/c1-11(2)9-19(10-13-4-3-7-17-13)15(20)14-6-5-12(16)8-18-14/h5-6,8,11,13,17H,3-4,7,9-10H2,1-2H3. The zero-order chi connectivity index (χ0) is 14.5. The van der Waals surface area contributed by atoms with Crippen LogP contribution in [0.15, 0.2) is 18.3 Å². The van der Waals surface area contributed by atoms with Crippen molar-refractivity contribution in [3.8, 4) is 0 Å². The summed E-state index contributed by atoms with van der Waals surface area (Å²) in [5, 5.41) is 3.40. The van der Waals surface area contributed by atoms with Crippen LogP contribution in [-0.2, 0) is 0 Å². The molecule has 5 heteroatoms. The van der Waals surface area contributed by atoms with E-state index in [1.54, 1.807) is 0 Å². The molecule has 1 aliphatic heterocycles. The minimum absolute atomic E-state index is 0.118. The molecule has 0 bridgehead atoms. The minimum Gasteiger partial charge on any atom is -0.335 e. The van der Waals surface area contributed by atoms with Gasteiger partial charge in [0.1, 0.15) is 11.5 Å². The summed E-state index contributed by atoms with van der Waals surface area (Å²) < 4.78 is 12.9. The van der Waals surface area contributed by atoms with Crippen molar-refractivity contribution in [2.45, 2.75) is 32.7 Å². The van der Waals surface area contributed by atoms with Crippen LogP contribution in [0.2, 0.25) is 0 Å². The highest BCUT2D eigenvalue weighted by atomic mass is 19.1. The van der Waals surface area contributed by atoms with E-state index in [0.717, 1.165) is 25.6 Å². The molecule has 1 N–H and O–H groups in total. The van der Waals surface area contributed by atoms with Crippen molar-refractivity contribution in [3.05, 3.63) is 29.8 Å². The fourth-order valence-electron chi connectivity index (χ4n) is 2.52. The first kappa shape index (κ1) is 14.9. The van der Waals surface area contributed by atoms with Gasteiger partial charge in [-0.25, -0.2) is 9.37 Å². The van der Waals surface area contributed by atoms with Gasteiger partial charge in [-0.1, -0.05) is 13.8 Å². The second kappa shape index (κ2) is 6.79. The van der Waals surface area contributed by atoms with E-state index in [1.807, 2.05) is 4.90 Å². The zero-order valence-electron chi connectivity index (χ0n) is 12.1. The molecule has 0 saturated carbocycles. The summed E-state index contributed by atoms with van der Waals surface area (Å²) >= 11 is 0. The second-order valence-electron chi connectivity index (χ2n) is 5.76. The van der Waals surface area contributed by atoms with Gasteiger partial charge in [0, 0.05) is 19.1 Å². The summed E-state index contributed by atoms with van der Waals surface area (Å²) in [6.07, 6.45) is 3.34. The Balaban J connectivity index is 2.07. The maximum atomic E-state index is 12.9. The average Bonchev–Trinajstić information content (AvgIpc) is 2.90. The van der Waals surface area contributed by atoms with Crippen molar-refractivity contribution >= 4 is 5.91 Å². The highest BCUT2D eigenvalue weighted by Crippen LogP contribution is 2.12. The normalized spacial score (nSPS) is 18.5. The lowest BCUT2D eigenvalue weighted by Crippen LogP contribution is -2.43. The van der Waals surface area contributed by atoms with Crippen molar-refractivity contribution in [2.75, 3.05) is 19.6 Å². The van der Waals surface area contributed by atoms with Crippen LogP contribution in [0.4, 0.5) is 4.39 Å². The molecule has 1 amide bonds. The fraction of sp³-hybridized carbons (Fsp3) is 0.600. The number of aromatic nitrogens is 1. The van der Waals surface area contributed by atoms with Gasteiger partial charge < -0.3 is 10.2 Å². The molecule has 4 nitrogen and oxygen atoms in total. The lowest BCUT2D eigenvalue weighted by atomic mass is 10.1. The predicted molar refractivity (Wildman–Crippen MR) is 76.0 cm³/mol. The molecule has 2 heterocycles. The molecule has 0 aliphatic carbocycles. The maximum absolute atomic E-state index is 12.9. The van der Waals surface area contributed by atoms with Gasteiger partial charge in [-0.05, 0) is 37.4 Å². The largest absolute Gasteiger partial charge is 0.335 e. The molecule has 1 fully saturated rings. The second-order valence-corrected chi connectivity index (χ2v) is 5.76. The van der Waals surface area contributed by atoms with Gasteiger partial charge in [-0.15, -0.1) is 0 Å². The molecule has 1 aromatic heterocycles. The van der Waals surface area contributed by atoms with Crippen LogP contribution in [0.5, 0.6) is 0 Å². The van der Waals surface area contributed by atoms with Crippen molar-refractivity contribution in [1.82, 2.24) is 15.2 Å². The molecule has 1 atom stereocenters. The first-order valence-corrected chi connectivity index (χ1v) is 7.20. The van der Waals surface area contributed by atoms with E-state index >= 15 is 0 Å². The van der Waals surface area contributed by atoms with Crippen LogP contribution < -0.4 is 5.32 Å². The Morgan fingerprint density at radius 3 is 2.90 bits per heavy atom. The van der Waals surface area contributed by atoms with E-state index in [4.69, 9.17) is 0 Å². The first-order chi connectivity index (χ1) is 9.56. The van der Waals surface area contributed by atoms with Gasteiger partial charge in [0.2, 0.25) is 0 Å². The highest BCUT2D eigenvalue weighted by molar-refractivity contribution is 5.92. The minimum atomic E-state index is -0.422. The molecular formula is C15H22FN3O. The summed E-state index contributed by atoms with van der Waals surface area (Å²) in [4.78, 5) is 18.2. The van der Waals surface area contributed by atoms with Crippen molar-refractivity contribution in [3.63, 3.8) is 0 Å². The first-order valence-electron chi connectivity index (χ1n) is 7.20. The van der Waals surface area contributed by atoms with Gasteiger partial charge >= 0.3 is 0 Å². The van der Waals surface area contributed by atoms with Crippen LogP contribution in [0.25, 0.3) is 0 Å². The van der Waals surface area contributed by atoms with E-state index in [-0.39, 0.29) is 5.91 Å². The van der Waals surface area contributed by atoms with E-state index in [1.165, 1.54) is 12.1 Å². The predicted octanol–water partition coefficient (Wildman–Crippen LogP) is 2.07. The third kappa shape index (κ3) is 4.00. The number of hydrogen-bond donors (Lipinski definition) is 1. The zero-order valence-corrected chi connectivity index (χ0v) is 12.1. The van der Waals surface area contributed by atoms with Gasteiger partial charge in [0.25, 0.3) is 5.91 Å². The lowest BCUT2D eigenvalue weighted by Gasteiger charge is -2.27. The summed E-state index contributed by atoms with van der Waals surface area (Å²) in [6, 6.07) is 3.09. The summed E-state index contributed by atoms with van der Waals surface area (Å²) in [7, 11) is 0. The Kier molecular flexibility index (Phi) is 5.06. The quantitative estimate of drug-likeness (QED) is 0.897. The van der Waals surface area contributed by atoms with Crippen LogP contribution in [0.3, 0.4) is 0 Å². The molecule has 20 heavy (non-hydrogen) atoms. The van der Waals surface area contributed by atoms with Gasteiger partial charge in [-0.3, -0.25) is 4.79 Å². The van der Waals surface area contributed by atoms with Crippen LogP contribution in [0.1, 0.15) is 37.2 Å². The smallest absolute Gasteiger partial charge is 0.272 e. The number of nitrogens with zero attached hydrogens (tertiary/aromatic N) is 2. The third-order valence-corrected chi connectivity index (χ3v) is 3.42. The molecule has 1 aliphatic rings. The van der Waals surface area contributed by atoms with Crippen molar-refractivity contribution in [1.29, 1.82) is 0 Å². The Labute approximate surface area is 119 Å². The number of pyridine rings is 1. The summed E-state index contributed by atoms with van der Waals surface area (Å²) in [5.74, 6) is -0.150. The molecule has 0 aromatic carbocycles. The number of hydrogen-bond acceptors (Lipinski definition) is 3. The monoisotopic (exact) mass is 279 g/mol. The van der Waals surface area contributed by atoms with Gasteiger partial charge in [0.05, 0.1) is 6.20 Å². The number of carbonyl (C=O) groups is 1. The number of halogens is 1. The molecule has 0 radical (unpaired) electrons. The summed E-state index contributed by atoms with van der Waals surface area (Å²) in [6.45, 7) is 6.57. The molecule has 110 valence electrons. The topological polar surface area (TPSA) is 45.2 Å². The number of amides is 1. The van der Waals surface area contributed by atoms with Crippen LogP contribution >= 0.6 is 0 Å². The Hall–Kier alpha value is -1.49. The van der Waals surface area contributed by atoms with Gasteiger partial charge in [0.15, 0.2) is 0 Å². The molecule has 1 unspecified atom stereocenters. The molecule has 1 saturated heterocycles. The SMILES string of the molecule is CC(C)CN(CC1CCCN1)C(=O)c1ccc(F)cn1. The van der Waals surface area contributed by atoms with Crippen LogP contribution in [-0.4, -0.2) is 41.5 Å². The number of rotatable bonds is 5. The highest BCUT2D eigenvalue weighted by Gasteiger charge is 2.23. The average molecular weight is 279 g/mol. The van der Waals surface area contributed by atoms with Gasteiger partial charge in [-0.2, -0.15) is 0 Å². The van der Waals surface area contributed by atoms with Crippen molar-refractivity contribution < 1.29 is 9.18 Å². The Morgan fingerprint density at radius 1 is 1.55 bits per heavy atom.